The first-order valence-corrected chi connectivity index (χ1v) is 8.12. The summed E-state index contributed by atoms with van der Waals surface area (Å²) in [5.41, 5.74) is 1.71. The molecule has 0 N–H and O–H groups in total. The van der Waals surface area contributed by atoms with Gasteiger partial charge in [-0.05, 0) is 24.3 Å². The Morgan fingerprint density at radius 1 is 1.19 bits per heavy atom. The number of hydrogen-bond acceptors (Lipinski definition) is 3. The lowest BCUT2D eigenvalue weighted by Gasteiger charge is -2.33. The quantitative estimate of drug-likeness (QED) is 0.850. The van der Waals surface area contributed by atoms with Gasteiger partial charge in [-0.2, -0.15) is 0 Å². The summed E-state index contributed by atoms with van der Waals surface area (Å²) < 4.78 is 0. The minimum absolute atomic E-state index is 0.284. The summed E-state index contributed by atoms with van der Waals surface area (Å²) in [5.74, 6) is 1.23. The van der Waals surface area contributed by atoms with Crippen molar-refractivity contribution in [2.24, 2.45) is 10.4 Å². The first kappa shape index (κ1) is 14.4. The second-order valence-electron chi connectivity index (χ2n) is 7.30. The summed E-state index contributed by atoms with van der Waals surface area (Å²) in [6.07, 6.45) is 1.11. The highest BCUT2D eigenvalue weighted by Crippen LogP contribution is 2.34. The van der Waals surface area contributed by atoms with Gasteiger partial charge in [-0.25, -0.2) is 0 Å². The van der Waals surface area contributed by atoms with Crippen LogP contribution in [0.2, 0.25) is 0 Å². The normalized spacial score (nSPS) is 25.2. The van der Waals surface area contributed by atoms with Crippen molar-refractivity contribution in [2.45, 2.75) is 46.2 Å². The zero-order chi connectivity index (χ0) is 15.0. The summed E-state index contributed by atoms with van der Waals surface area (Å²) in [5, 5.41) is 0. The van der Waals surface area contributed by atoms with E-state index < -0.39 is 0 Å². The van der Waals surface area contributed by atoms with Crippen molar-refractivity contribution in [1.29, 1.82) is 0 Å². The van der Waals surface area contributed by atoms with Crippen molar-refractivity contribution in [1.82, 2.24) is 9.80 Å². The van der Waals surface area contributed by atoms with E-state index in [2.05, 4.69) is 67.8 Å². The van der Waals surface area contributed by atoms with Gasteiger partial charge >= 0.3 is 0 Å². The fourth-order valence-electron chi connectivity index (χ4n) is 3.65. The van der Waals surface area contributed by atoms with Crippen LogP contribution in [0.3, 0.4) is 0 Å². The molecule has 2 heterocycles. The fraction of sp³-hybridized carbons (Fsp3) is 0.611. The molecule has 1 aromatic rings. The minimum Gasteiger partial charge on any atom is -0.338 e. The maximum Gasteiger partial charge on any atom is 0.197 e. The van der Waals surface area contributed by atoms with E-state index in [1.165, 1.54) is 11.5 Å². The van der Waals surface area contributed by atoms with Gasteiger partial charge in [0.05, 0.1) is 18.6 Å². The molecule has 0 saturated carbocycles. The highest BCUT2D eigenvalue weighted by molar-refractivity contribution is 5.84. The minimum atomic E-state index is 0.284. The lowest BCUT2D eigenvalue weighted by Crippen LogP contribution is -2.43. The Morgan fingerprint density at radius 2 is 1.90 bits per heavy atom. The average molecular weight is 285 g/mol. The third-order valence-electron chi connectivity index (χ3n) is 4.80. The van der Waals surface area contributed by atoms with Crippen molar-refractivity contribution in [2.75, 3.05) is 19.6 Å². The number of guanidine groups is 1. The van der Waals surface area contributed by atoms with Crippen LogP contribution in [-0.4, -0.2) is 47.5 Å². The molecule has 1 fully saturated rings. The van der Waals surface area contributed by atoms with Gasteiger partial charge in [-0.15, -0.1) is 0 Å². The summed E-state index contributed by atoms with van der Waals surface area (Å²) in [4.78, 5) is 9.91. The highest BCUT2D eigenvalue weighted by atomic mass is 15.5. The number of hydrogen-bond donors (Lipinski definition) is 0. The molecule has 21 heavy (non-hydrogen) atoms. The highest BCUT2D eigenvalue weighted by Gasteiger charge is 2.45. The Balaban J connectivity index is 1.78. The number of fused-ring (bicyclic) bond motifs is 1. The van der Waals surface area contributed by atoms with Gasteiger partial charge in [0, 0.05) is 13.1 Å². The maximum atomic E-state index is 4.86. The Bertz CT molecular complexity index is 515. The maximum absolute atomic E-state index is 4.86. The van der Waals surface area contributed by atoms with E-state index >= 15 is 0 Å². The Kier molecular flexibility index (Phi) is 3.68. The predicted octanol–water partition coefficient (Wildman–Crippen LogP) is 3.02. The topological polar surface area (TPSA) is 18.8 Å². The molecule has 3 nitrogen and oxygen atoms in total. The van der Waals surface area contributed by atoms with Crippen LogP contribution in [0.4, 0.5) is 0 Å². The standard InChI is InChI=1S/C18H27N3/c1-5-20-15(11-14-9-7-6-8-10-14)13-21-16(18(2,3)4)12-19-17(20)21/h6-10,15-16H,5,11-13H2,1-4H3/t15-,16+/m0/s1. The van der Waals surface area contributed by atoms with Crippen LogP contribution < -0.4 is 0 Å². The first-order chi connectivity index (χ1) is 10.0. The van der Waals surface area contributed by atoms with Crippen LogP contribution in [0, 0.1) is 5.41 Å². The molecule has 3 heteroatoms. The van der Waals surface area contributed by atoms with Crippen LogP contribution in [0.5, 0.6) is 0 Å². The number of benzene rings is 1. The van der Waals surface area contributed by atoms with Gasteiger partial charge in [0.25, 0.3) is 0 Å². The molecule has 0 bridgehead atoms. The molecule has 2 aliphatic heterocycles. The average Bonchev–Trinajstić information content (AvgIpc) is 2.97. The lowest BCUT2D eigenvalue weighted by molar-refractivity contribution is 0.194. The van der Waals surface area contributed by atoms with Crippen LogP contribution in [0.15, 0.2) is 35.3 Å². The van der Waals surface area contributed by atoms with Crippen LogP contribution in [-0.2, 0) is 6.42 Å². The van der Waals surface area contributed by atoms with Crippen molar-refractivity contribution >= 4 is 5.96 Å². The van der Waals surface area contributed by atoms with E-state index in [0.29, 0.717) is 12.1 Å². The van der Waals surface area contributed by atoms with E-state index in [-0.39, 0.29) is 5.41 Å². The Hall–Kier alpha value is -1.51. The molecule has 0 radical (unpaired) electrons. The van der Waals surface area contributed by atoms with E-state index in [4.69, 9.17) is 4.99 Å². The number of aliphatic imine (C=N–C) groups is 1. The summed E-state index contributed by atoms with van der Waals surface area (Å²) in [7, 11) is 0. The second-order valence-corrected chi connectivity index (χ2v) is 7.30. The molecule has 0 unspecified atom stereocenters. The third kappa shape index (κ3) is 2.66. The second kappa shape index (κ2) is 5.36. The van der Waals surface area contributed by atoms with Crippen molar-refractivity contribution < 1.29 is 0 Å². The summed E-state index contributed by atoms with van der Waals surface area (Å²) >= 11 is 0. The Labute approximate surface area is 128 Å². The molecular formula is C18H27N3. The zero-order valence-electron chi connectivity index (χ0n) is 13.7. The number of likely N-dealkylation sites (N-methyl/N-ethyl adjacent to an activating group) is 1. The molecule has 0 amide bonds. The number of nitrogens with zero attached hydrogens (tertiary/aromatic N) is 3. The largest absolute Gasteiger partial charge is 0.338 e. The Morgan fingerprint density at radius 3 is 2.52 bits per heavy atom. The van der Waals surface area contributed by atoms with Crippen molar-refractivity contribution in [3.8, 4) is 0 Å². The van der Waals surface area contributed by atoms with Crippen molar-refractivity contribution in [3.05, 3.63) is 35.9 Å². The van der Waals surface area contributed by atoms with Crippen LogP contribution in [0.1, 0.15) is 33.3 Å². The molecule has 2 atom stereocenters. The molecule has 2 aliphatic rings. The van der Waals surface area contributed by atoms with Crippen LogP contribution >= 0.6 is 0 Å². The van der Waals surface area contributed by atoms with E-state index in [1.54, 1.807) is 0 Å². The molecule has 1 aromatic carbocycles. The van der Waals surface area contributed by atoms with E-state index in [0.717, 1.165) is 26.1 Å². The zero-order valence-corrected chi connectivity index (χ0v) is 13.7. The molecule has 0 aliphatic carbocycles. The molecule has 0 spiro atoms. The molecular weight excluding hydrogens is 258 g/mol. The molecule has 3 rings (SSSR count). The van der Waals surface area contributed by atoms with Gasteiger partial charge in [0.15, 0.2) is 5.96 Å². The smallest absolute Gasteiger partial charge is 0.197 e. The van der Waals surface area contributed by atoms with Gasteiger partial charge in [-0.3, -0.25) is 4.99 Å². The van der Waals surface area contributed by atoms with Crippen molar-refractivity contribution in [3.63, 3.8) is 0 Å². The fourth-order valence-corrected chi connectivity index (χ4v) is 3.65. The van der Waals surface area contributed by atoms with Gasteiger partial charge in [0.2, 0.25) is 0 Å². The summed E-state index contributed by atoms with van der Waals surface area (Å²) in [6, 6.07) is 11.9. The number of rotatable bonds is 3. The third-order valence-corrected chi connectivity index (χ3v) is 4.80. The van der Waals surface area contributed by atoms with Crippen LogP contribution in [0.25, 0.3) is 0 Å². The first-order valence-electron chi connectivity index (χ1n) is 8.12. The lowest BCUT2D eigenvalue weighted by atomic mass is 9.86. The molecule has 0 aromatic heterocycles. The molecule has 1 saturated heterocycles. The van der Waals surface area contributed by atoms with E-state index in [9.17, 15) is 0 Å². The van der Waals surface area contributed by atoms with E-state index in [1.807, 2.05) is 0 Å². The van der Waals surface area contributed by atoms with Gasteiger partial charge < -0.3 is 9.80 Å². The van der Waals surface area contributed by atoms with Gasteiger partial charge in [0.1, 0.15) is 0 Å². The van der Waals surface area contributed by atoms with Gasteiger partial charge in [-0.1, -0.05) is 51.1 Å². The monoisotopic (exact) mass is 285 g/mol. The molecule has 114 valence electrons. The SMILES string of the molecule is CCN1C2=NC[C@H](C(C)(C)C)N2C[C@@H]1Cc1ccccc1. The predicted molar refractivity (Wildman–Crippen MR) is 88.6 cm³/mol. The summed E-state index contributed by atoms with van der Waals surface area (Å²) in [6.45, 7) is 12.3.